The van der Waals surface area contributed by atoms with Crippen LogP contribution in [0.25, 0.3) is 0 Å². The number of methoxy groups -OCH3 is 1. The Balaban J connectivity index is 0. The monoisotopic (exact) mass is 464 g/mol. The minimum Gasteiger partial charge on any atom is -0.465 e. The van der Waals surface area contributed by atoms with Crippen molar-refractivity contribution >= 4 is 54.0 Å². The van der Waals surface area contributed by atoms with Crippen molar-refractivity contribution in [2.45, 2.75) is 51.4 Å². The molecule has 30 heavy (non-hydrogen) atoms. The largest absolute Gasteiger partial charge is 0.465 e. The maximum absolute atomic E-state index is 12.1. The summed E-state index contributed by atoms with van der Waals surface area (Å²) in [7, 11) is 1.28. The second-order valence-electron chi connectivity index (χ2n) is 6.59. The lowest BCUT2D eigenvalue weighted by Crippen LogP contribution is -2.15. The van der Waals surface area contributed by atoms with Crippen LogP contribution in [-0.2, 0) is 14.3 Å². The van der Waals surface area contributed by atoms with Gasteiger partial charge in [0.2, 0.25) is 11.8 Å². The second kappa shape index (κ2) is 17.9. The van der Waals surface area contributed by atoms with Gasteiger partial charge in [-0.3, -0.25) is 9.59 Å². The molecule has 0 aliphatic rings. The maximum atomic E-state index is 12.1. The summed E-state index contributed by atoms with van der Waals surface area (Å²) in [5.41, 5.74) is 12.0. The zero-order chi connectivity index (χ0) is 20.8. The predicted octanol–water partition coefficient (Wildman–Crippen LogP) is 3.23. The minimum absolute atomic E-state index is 0. The lowest BCUT2D eigenvalue weighted by atomic mass is 10.1. The Morgan fingerprint density at radius 2 is 1.20 bits per heavy atom. The van der Waals surface area contributed by atoms with Crippen LogP contribution in [0.3, 0.4) is 0 Å². The highest BCUT2D eigenvalue weighted by Crippen LogP contribution is 2.21. The number of amides is 2. The molecule has 0 fully saturated rings. The highest BCUT2D eigenvalue weighted by atomic mass is 35.5. The van der Waals surface area contributed by atoms with Gasteiger partial charge in [0, 0.05) is 24.2 Å². The number of halogens is 2. The van der Waals surface area contributed by atoms with Crippen molar-refractivity contribution in [2.24, 2.45) is 11.5 Å². The van der Waals surface area contributed by atoms with Crippen LogP contribution in [0.5, 0.6) is 0 Å². The summed E-state index contributed by atoms with van der Waals surface area (Å²) in [4.78, 5) is 36.1. The zero-order valence-electron chi connectivity index (χ0n) is 17.4. The number of benzene rings is 1. The SMILES string of the molecule is COC(=O)c1cc(NC(=O)CCCCCN)cc(NC(=O)CCCCCN)c1.Cl.Cl. The highest BCUT2D eigenvalue weighted by Gasteiger charge is 2.12. The van der Waals surface area contributed by atoms with Gasteiger partial charge in [0.05, 0.1) is 12.7 Å². The van der Waals surface area contributed by atoms with Gasteiger partial charge >= 0.3 is 5.97 Å². The number of hydrogen-bond acceptors (Lipinski definition) is 6. The first-order valence-corrected chi connectivity index (χ1v) is 9.73. The topological polar surface area (TPSA) is 137 Å². The Bertz CT molecular complexity index is 615. The molecule has 0 aliphatic heterocycles. The molecule has 0 radical (unpaired) electrons. The fourth-order valence-electron chi connectivity index (χ4n) is 2.67. The number of nitrogens with one attached hydrogen (secondary N) is 2. The molecule has 0 saturated carbocycles. The zero-order valence-corrected chi connectivity index (χ0v) is 19.0. The van der Waals surface area contributed by atoms with Crippen LogP contribution in [0, 0.1) is 0 Å². The van der Waals surface area contributed by atoms with E-state index in [2.05, 4.69) is 10.6 Å². The van der Waals surface area contributed by atoms with Gasteiger partial charge in [-0.05, 0) is 57.0 Å². The normalized spacial score (nSPS) is 9.70. The summed E-state index contributed by atoms with van der Waals surface area (Å²) in [6, 6.07) is 4.68. The van der Waals surface area contributed by atoms with Gasteiger partial charge in [0.25, 0.3) is 0 Å². The molecule has 1 aromatic rings. The Labute approximate surface area is 190 Å². The summed E-state index contributed by atoms with van der Waals surface area (Å²) in [5, 5.41) is 5.54. The number of ether oxygens (including phenoxy) is 1. The molecule has 172 valence electrons. The first kappa shape index (κ1) is 30.3. The lowest BCUT2D eigenvalue weighted by Gasteiger charge is -2.11. The van der Waals surface area contributed by atoms with E-state index in [4.69, 9.17) is 16.2 Å². The standard InChI is InChI=1S/C20H32N4O4.2ClH/c1-28-20(27)15-12-16(23-18(25)8-4-2-6-10-21)14-17(13-15)24-19(26)9-5-3-7-11-22;;/h12-14H,2-11,21-22H2,1H3,(H,23,25)(H,24,26);2*1H. The number of hydrogen-bond donors (Lipinski definition) is 4. The van der Waals surface area contributed by atoms with Crippen LogP contribution in [0.2, 0.25) is 0 Å². The van der Waals surface area contributed by atoms with Crippen molar-refractivity contribution in [2.75, 3.05) is 30.8 Å². The van der Waals surface area contributed by atoms with Gasteiger partial charge in [-0.2, -0.15) is 0 Å². The quantitative estimate of drug-likeness (QED) is 0.261. The van der Waals surface area contributed by atoms with Crippen LogP contribution in [0.1, 0.15) is 61.7 Å². The van der Waals surface area contributed by atoms with Crippen molar-refractivity contribution in [3.8, 4) is 0 Å². The summed E-state index contributed by atoms with van der Waals surface area (Å²) in [5.74, 6) is -0.853. The number of anilines is 2. The van der Waals surface area contributed by atoms with E-state index in [1.807, 2.05) is 0 Å². The van der Waals surface area contributed by atoms with Crippen LogP contribution in [0.4, 0.5) is 11.4 Å². The summed E-state index contributed by atoms with van der Waals surface area (Å²) in [6.45, 7) is 1.22. The Morgan fingerprint density at radius 1 is 0.767 bits per heavy atom. The van der Waals surface area contributed by atoms with E-state index in [9.17, 15) is 14.4 Å². The Hall–Kier alpha value is -1.87. The molecule has 1 aromatic carbocycles. The molecule has 10 heteroatoms. The predicted molar refractivity (Wildman–Crippen MR) is 125 cm³/mol. The van der Waals surface area contributed by atoms with Crippen LogP contribution >= 0.6 is 24.8 Å². The molecule has 0 unspecified atom stereocenters. The van der Waals surface area contributed by atoms with E-state index in [0.29, 0.717) is 37.3 Å². The summed E-state index contributed by atoms with van der Waals surface area (Å²) >= 11 is 0. The van der Waals surface area contributed by atoms with E-state index in [-0.39, 0.29) is 42.2 Å². The fraction of sp³-hybridized carbons (Fsp3) is 0.550. The molecule has 0 aliphatic carbocycles. The molecule has 0 aromatic heterocycles. The van der Waals surface area contributed by atoms with Crippen LogP contribution in [0.15, 0.2) is 18.2 Å². The number of esters is 1. The summed E-state index contributed by atoms with van der Waals surface area (Å²) < 4.78 is 4.75. The van der Waals surface area contributed by atoms with Crippen molar-refractivity contribution < 1.29 is 19.1 Å². The van der Waals surface area contributed by atoms with Crippen LogP contribution in [-0.4, -0.2) is 38.0 Å². The molecular formula is C20H34Cl2N4O4. The third kappa shape index (κ3) is 12.6. The highest BCUT2D eigenvalue weighted by molar-refractivity contribution is 5.98. The molecule has 2 amide bonds. The van der Waals surface area contributed by atoms with Gasteiger partial charge in [-0.1, -0.05) is 12.8 Å². The first-order valence-electron chi connectivity index (χ1n) is 9.73. The smallest absolute Gasteiger partial charge is 0.337 e. The van der Waals surface area contributed by atoms with E-state index >= 15 is 0 Å². The third-order valence-corrected chi connectivity index (χ3v) is 4.14. The molecule has 8 nitrogen and oxygen atoms in total. The number of carbonyl (C=O) groups is 3. The molecule has 0 saturated heterocycles. The fourth-order valence-corrected chi connectivity index (χ4v) is 2.67. The molecule has 0 bridgehead atoms. The molecule has 0 atom stereocenters. The van der Waals surface area contributed by atoms with E-state index < -0.39 is 5.97 Å². The van der Waals surface area contributed by atoms with Crippen molar-refractivity contribution in [1.82, 2.24) is 0 Å². The average molecular weight is 465 g/mol. The lowest BCUT2D eigenvalue weighted by molar-refractivity contribution is -0.117. The second-order valence-corrected chi connectivity index (χ2v) is 6.59. The van der Waals surface area contributed by atoms with Gasteiger partial charge in [-0.15, -0.1) is 24.8 Å². The molecule has 6 N–H and O–H groups in total. The number of unbranched alkanes of at least 4 members (excludes halogenated alkanes) is 4. The number of rotatable bonds is 13. The summed E-state index contributed by atoms with van der Waals surface area (Å²) in [6.07, 6.45) is 5.75. The first-order chi connectivity index (χ1) is 13.5. The molecule has 0 heterocycles. The Morgan fingerprint density at radius 3 is 1.57 bits per heavy atom. The van der Waals surface area contributed by atoms with E-state index in [0.717, 1.165) is 38.5 Å². The van der Waals surface area contributed by atoms with Gasteiger partial charge in [0.1, 0.15) is 0 Å². The van der Waals surface area contributed by atoms with Gasteiger partial charge in [-0.25, -0.2) is 4.79 Å². The van der Waals surface area contributed by atoms with Gasteiger partial charge in [0.15, 0.2) is 0 Å². The molecular weight excluding hydrogens is 431 g/mol. The third-order valence-electron chi connectivity index (χ3n) is 4.14. The Kier molecular flexibility index (Phi) is 18.1. The van der Waals surface area contributed by atoms with Crippen molar-refractivity contribution in [3.05, 3.63) is 23.8 Å². The number of carbonyl (C=O) groups excluding carboxylic acids is 3. The van der Waals surface area contributed by atoms with E-state index in [1.54, 1.807) is 6.07 Å². The van der Waals surface area contributed by atoms with E-state index in [1.165, 1.54) is 19.2 Å². The van der Waals surface area contributed by atoms with Crippen LogP contribution < -0.4 is 22.1 Å². The van der Waals surface area contributed by atoms with Crippen molar-refractivity contribution in [3.63, 3.8) is 0 Å². The molecule has 0 spiro atoms. The van der Waals surface area contributed by atoms with Gasteiger partial charge < -0.3 is 26.8 Å². The maximum Gasteiger partial charge on any atom is 0.337 e. The minimum atomic E-state index is -0.544. The molecule has 1 rings (SSSR count). The average Bonchev–Trinajstić information content (AvgIpc) is 2.67. The van der Waals surface area contributed by atoms with Crippen molar-refractivity contribution in [1.29, 1.82) is 0 Å². The number of nitrogens with two attached hydrogens (primary N) is 2.